The van der Waals surface area contributed by atoms with Crippen LogP contribution < -0.4 is 5.56 Å². The van der Waals surface area contributed by atoms with Gasteiger partial charge in [-0.25, -0.2) is 4.98 Å². The first kappa shape index (κ1) is 12.6. The second kappa shape index (κ2) is 4.44. The van der Waals surface area contributed by atoms with Gasteiger partial charge in [0.1, 0.15) is 5.76 Å². The van der Waals surface area contributed by atoms with Gasteiger partial charge in [-0.3, -0.25) is 9.59 Å². The van der Waals surface area contributed by atoms with Crippen molar-refractivity contribution in [2.45, 2.75) is 39.2 Å². The molecule has 110 valence electrons. The fraction of sp³-hybridized carbons (Fsp3) is 0.533. The van der Waals surface area contributed by atoms with Crippen LogP contribution in [-0.4, -0.2) is 26.9 Å². The zero-order valence-corrected chi connectivity index (χ0v) is 12.0. The van der Waals surface area contributed by atoms with E-state index < -0.39 is 0 Å². The van der Waals surface area contributed by atoms with Crippen LogP contribution in [0.1, 0.15) is 36.3 Å². The molecule has 0 aromatic carbocycles. The van der Waals surface area contributed by atoms with E-state index in [0.29, 0.717) is 36.5 Å². The fourth-order valence-electron chi connectivity index (χ4n) is 3.11. The van der Waals surface area contributed by atoms with Crippen molar-refractivity contribution in [3.8, 4) is 0 Å². The summed E-state index contributed by atoms with van der Waals surface area (Å²) in [6.45, 7) is 2.81. The summed E-state index contributed by atoms with van der Waals surface area (Å²) in [6, 6.07) is 1.76. The molecule has 1 aliphatic heterocycles. The second-order valence-corrected chi connectivity index (χ2v) is 5.98. The van der Waals surface area contributed by atoms with Crippen LogP contribution in [0.2, 0.25) is 0 Å². The number of carbonyl (C=O) groups excluding carboxylic acids is 1. The molecule has 0 unspecified atom stereocenters. The normalized spacial score (nSPS) is 18.6. The average Bonchev–Trinajstić information content (AvgIpc) is 2.77. The Kier molecular flexibility index (Phi) is 2.67. The van der Waals surface area contributed by atoms with Crippen LogP contribution in [0.3, 0.4) is 0 Å². The summed E-state index contributed by atoms with van der Waals surface area (Å²) in [5, 5.41) is 0. The van der Waals surface area contributed by atoms with Crippen LogP contribution in [0.25, 0.3) is 5.65 Å². The molecule has 0 bridgehead atoms. The molecule has 0 saturated heterocycles. The first-order chi connectivity index (χ1) is 10.1. The van der Waals surface area contributed by atoms with Crippen LogP contribution in [0.4, 0.5) is 0 Å². The van der Waals surface area contributed by atoms with Gasteiger partial charge in [0.15, 0.2) is 5.65 Å². The fourth-order valence-corrected chi connectivity index (χ4v) is 3.11. The lowest BCUT2D eigenvalue weighted by molar-refractivity contribution is -0.139. The van der Waals surface area contributed by atoms with Crippen molar-refractivity contribution in [1.29, 1.82) is 0 Å². The lowest BCUT2D eigenvalue weighted by Gasteiger charge is -2.34. The average molecular weight is 287 g/mol. The number of hydrogen-bond acceptors (Lipinski definition) is 4. The standard InChI is InChI=1S/C15H17N3O3/c1-9-7-13-16-12-5-6-17(14(19)10-3-2-4-10)8-11(12)15(20)18(13)21-9/h7,10H,2-6,8H2,1H3. The molecule has 2 aliphatic rings. The number of rotatable bonds is 1. The van der Waals surface area contributed by atoms with Crippen molar-refractivity contribution in [2.24, 2.45) is 5.92 Å². The highest BCUT2D eigenvalue weighted by Crippen LogP contribution is 2.29. The van der Waals surface area contributed by atoms with Crippen LogP contribution >= 0.6 is 0 Å². The third-order valence-corrected chi connectivity index (χ3v) is 4.55. The number of aromatic nitrogens is 2. The quantitative estimate of drug-likeness (QED) is 0.792. The van der Waals surface area contributed by atoms with Gasteiger partial charge in [-0.15, -0.1) is 4.57 Å². The maximum atomic E-state index is 12.5. The molecule has 2 aromatic heterocycles. The summed E-state index contributed by atoms with van der Waals surface area (Å²) in [7, 11) is 0. The first-order valence-corrected chi connectivity index (χ1v) is 7.44. The van der Waals surface area contributed by atoms with Crippen molar-refractivity contribution >= 4 is 11.6 Å². The van der Waals surface area contributed by atoms with Crippen molar-refractivity contribution < 1.29 is 9.32 Å². The molecule has 1 amide bonds. The van der Waals surface area contributed by atoms with Gasteiger partial charge in [0.2, 0.25) is 5.91 Å². The largest absolute Gasteiger partial charge is 0.375 e. The van der Waals surface area contributed by atoms with Gasteiger partial charge in [-0.2, -0.15) is 0 Å². The molecule has 6 nitrogen and oxygen atoms in total. The van der Waals surface area contributed by atoms with Gasteiger partial charge in [0.05, 0.1) is 17.8 Å². The van der Waals surface area contributed by atoms with E-state index in [1.165, 1.54) is 4.57 Å². The van der Waals surface area contributed by atoms with Gasteiger partial charge in [-0.1, -0.05) is 6.42 Å². The molecule has 1 fully saturated rings. The summed E-state index contributed by atoms with van der Waals surface area (Å²) in [5.41, 5.74) is 1.77. The molecule has 3 heterocycles. The minimum atomic E-state index is -0.186. The molecule has 1 aliphatic carbocycles. The van der Waals surface area contributed by atoms with E-state index in [1.807, 2.05) is 0 Å². The number of nitrogens with zero attached hydrogens (tertiary/aromatic N) is 3. The van der Waals surface area contributed by atoms with E-state index in [0.717, 1.165) is 25.0 Å². The van der Waals surface area contributed by atoms with Crippen molar-refractivity contribution in [3.63, 3.8) is 0 Å². The van der Waals surface area contributed by atoms with Gasteiger partial charge in [-0.05, 0) is 19.8 Å². The predicted molar refractivity (Wildman–Crippen MR) is 74.9 cm³/mol. The van der Waals surface area contributed by atoms with Crippen LogP contribution in [-0.2, 0) is 17.8 Å². The van der Waals surface area contributed by atoms with E-state index >= 15 is 0 Å². The molecule has 0 N–H and O–H groups in total. The van der Waals surface area contributed by atoms with Gasteiger partial charge >= 0.3 is 0 Å². The third-order valence-electron chi connectivity index (χ3n) is 4.55. The SMILES string of the molecule is Cc1cc2nc3c(c(=O)n2o1)CN(C(=O)C1CCC1)CC3. The Morgan fingerprint density at radius 3 is 2.95 bits per heavy atom. The molecule has 2 aromatic rings. The van der Waals surface area contributed by atoms with Crippen LogP contribution in [0, 0.1) is 12.8 Å². The Labute approximate surface area is 121 Å². The molecule has 21 heavy (non-hydrogen) atoms. The Bertz CT molecular complexity index is 785. The van der Waals surface area contributed by atoms with Gasteiger partial charge in [0, 0.05) is 24.9 Å². The summed E-state index contributed by atoms with van der Waals surface area (Å²) >= 11 is 0. The third kappa shape index (κ3) is 1.89. The highest BCUT2D eigenvalue weighted by molar-refractivity contribution is 5.79. The van der Waals surface area contributed by atoms with Crippen LogP contribution in [0.15, 0.2) is 15.4 Å². The number of amides is 1. The molecule has 4 rings (SSSR count). The molecule has 1 saturated carbocycles. The summed E-state index contributed by atoms with van der Waals surface area (Å²) in [6.07, 6.45) is 3.74. The molecular weight excluding hydrogens is 270 g/mol. The summed E-state index contributed by atoms with van der Waals surface area (Å²) in [5.74, 6) is 1.01. The summed E-state index contributed by atoms with van der Waals surface area (Å²) in [4.78, 5) is 31.1. The van der Waals surface area contributed by atoms with Gasteiger partial charge < -0.3 is 9.42 Å². The monoisotopic (exact) mass is 287 g/mol. The number of hydrogen-bond donors (Lipinski definition) is 0. The molecule has 0 spiro atoms. The topological polar surface area (TPSA) is 67.8 Å². The number of fused-ring (bicyclic) bond motifs is 2. The maximum absolute atomic E-state index is 12.5. The van der Waals surface area contributed by atoms with Crippen molar-refractivity contribution in [3.05, 3.63) is 33.4 Å². The Hall–Kier alpha value is -2.11. The van der Waals surface area contributed by atoms with Crippen molar-refractivity contribution in [1.82, 2.24) is 14.5 Å². The minimum absolute atomic E-state index is 0.164. The first-order valence-electron chi connectivity index (χ1n) is 7.44. The van der Waals surface area contributed by atoms with E-state index in [1.54, 1.807) is 17.9 Å². The number of aryl methyl sites for hydroxylation is 1. The predicted octanol–water partition coefficient (Wildman–Crippen LogP) is 1.28. The minimum Gasteiger partial charge on any atom is -0.375 e. The lowest BCUT2D eigenvalue weighted by Crippen LogP contribution is -2.44. The van der Waals surface area contributed by atoms with E-state index in [4.69, 9.17) is 4.52 Å². The highest BCUT2D eigenvalue weighted by Gasteiger charge is 2.32. The number of carbonyl (C=O) groups is 1. The van der Waals surface area contributed by atoms with Gasteiger partial charge in [0.25, 0.3) is 5.56 Å². The zero-order chi connectivity index (χ0) is 14.6. The molecule has 6 heteroatoms. The maximum Gasteiger partial charge on any atom is 0.292 e. The highest BCUT2D eigenvalue weighted by atomic mass is 16.5. The molecule has 0 radical (unpaired) electrons. The second-order valence-electron chi connectivity index (χ2n) is 5.98. The summed E-state index contributed by atoms with van der Waals surface area (Å²) < 4.78 is 6.61. The Balaban J connectivity index is 1.72. The van der Waals surface area contributed by atoms with E-state index in [-0.39, 0.29) is 17.4 Å². The Morgan fingerprint density at radius 1 is 1.43 bits per heavy atom. The van der Waals surface area contributed by atoms with E-state index in [9.17, 15) is 9.59 Å². The van der Waals surface area contributed by atoms with E-state index in [2.05, 4.69) is 4.98 Å². The molecular formula is C15H17N3O3. The zero-order valence-electron chi connectivity index (χ0n) is 12.0. The molecule has 0 atom stereocenters. The van der Waals surface area contributed by atoms with Crippen molar-refractivity contribution in [2.75, 3.05) is 6.54 Å². The lowest BCUT2D eigenvalue weighted by atomic mass is 9.84. The Morgan fingerprint density at radius 2 is 2.24 bits per heavy atom. The van der Waals surface area contributed by atoms with Crippen LogP contribution in [0.5, 0.6) is 0 Å². The smallest absolute Gasteiger partial charge is 0.292 e.